The second-order valence-electron chi connectivity index (χ2n) is 5.58. The molecule has 5 heteroatoms. The Bertz CT molecular complexity index is 525. The Balaban J connectivity index is 2.13. The summed E-state index contributed by atoms with van der Waals surface area (Å²) in [6.45, 7) is 4.17. The van der Waals surface area contributed by atoms with Gasteiger partial charge in [-0.2, -0.15) is 0 Å². The number of hydrogen-bond acceptors (Lipinski definition) is 2. The average molecular weight is 262 g/mol. The molecule has 1 aliphatic carbocycles. The normalized spacial score (nSPS) is 19.6. The lowest BCUT2D eigenvalue weighted by Crippen LogP contribution is -2.40. The lowest BCUT2D eigenvalue weighted by Gasteiger charge is -2.20. The molecule has 0 aliphatic heterocycles. The van der Waals surface area contributed by atoms with Crippen LogP contribution in [-0.4, -0.2) is 30.2 Å². The van der Waals surface area contributed by atoms with Gasteiger partial charge in [-0.3, -0.25) is 4.90 Å². The fourth-order valence-corrected chi connectivity index (χ4v) is 2.02. The number of urea groups is 1. The van der Waals surface area contributed by atoms with Crippen LogP contribution in [0.1, 0.15) is 30.6 Å². The highest BCUT2D eigenvalue weighted by Gasteiger charge is 2.47. The molecule has 1 fully saturated rings. The predicted molar refractivity (Wildman–Crippen MR) is 72.5 cm³/mol. The minimum atomic E-state index is -1.04. The van der Waals surface area contributed by atoms with Gasteiger partial charge in [0.05, 0.1) is 11.3 Å². The zero-order valence-corrected chi connectivity index (χ0v) is 11.3. The van der Waals surface area contributed by atoms with Crippen LogP contribution in [-0.2, 0) is 0 Å². The Labute approximate surface area is 112 Å². The molecule has 1 aliphatic rings. The molecule has 0 heterocycles. The molecule has 0 saturated heterocycles. The van der Waals surface area contributed by atoms with Crippen molar-refractivity contribution < 1.29 is 14.7 Å². The third kappa shape index (κ3) is 2.70. The first-order valence-electron chi connectivity index (χ1n) is 6.19. The summed E-state index contributed by atoms with van der Waals surface area (Å²) in [5.74, 6) is -1.04. The van der Waals surface area contributed by atoms with Crippen molar-refractivity contribution in [1.82, 2.24) is 5.32 Å². The molecule has 2 rings (SSSR count). The van der Waals surface area contributed by atoms with Gasteiger partial charge in [0.15, 0.2) is 0 Å². The first-order valence-corrected chi connectivity index (χ1v) is 6.19. The Morgan fingerprint density at radius 1 is 1.37 bits per heavy atom. The average Bonchev–Trinajstić information content (AvgIpc) is 2.95. The van der Waals surface area contributed by atoms with E-state index in [0.717, 1.165) is 6.42 Å². The van der Waals surface area contributed by atoms with E-state index in [4.69, 9.17) is 5.11 Å². The van der Waals surface area contributed by atoms with Crippen LogP contribution in [0.5, 0.6) is 0 Å². The maximum atomic E-state index is 12.1. The Morgan fingerprint density at radius 3 is 2.47 bits per heavy atom. The summed E-state index contributed by atoms with van der Waals surface area (Å²) in [5.41, 5.74) is 0.657. The van der Waals surface area contributed by atoms with Crippen molar-refractivity contribution in [3.8, 4) is 0 Å². The maximum absolute atomic E-state index is 12.1. The van der Waals surface area contributed by atoms with Gasteiger partial charge in [0.1, 0.15) is 0 Å². The monoisotopic (exact) mass is 262 g/mol. The number of carbonyl (C=O) groups excluding carboxylic acids is 1. The second kappa shape index (κ2) is 4.57. The predicted octanol–water partition coefficient (Wildman–Crippen LogP) is 2.33. The zero-order valence-electron chi connectivity index (χ0n) is 11.3. The number of nitrogens with one attached hydrogen (secondary N) is 1. The molecule has 1 aromatic carbocycles. The second-order valence-corrected chi connectivity index (χ2v) is 5.58. The standard InChI is InChI=1S/C14H18N2O3/c1-14(2)8-11(14)15-13(19)16(3)10-7-5-4-6-9(10)12(17)18/h4-7,11H,8H2,1-3H3,(H,15,19)(H,17,18). The van der Waals surface area contributed by atoms with Crippen LogP contribution in [0.25, 0.3) is 0 Å². The van der Waals surface area contributed by atoms with Gasteiger partial charge < -0.3 is 10.4 Å². The van der Waals surface area contributed by atoms with E-state index in [1.54, 1.807) is 25.2 Å². The van der Waals surface area contributed by atoms with Crippen molar-refractivity contribution in [2.75, 3.05) is 11.9 Å². The van der Waals surface area contributed by atoms with Crippen molar-refractivity contribution in [2.24, 2.45) is 5.41 Å². The van der Waals surface area contributed by atoms with E-state index < -0.39 is 5.97 Å². The number of carboxylic acid groups (broad SMARTS) is 1. The van der Waals surface area contributed by atoms with E-state index >= 15 is 0 Å². The number of benzene rings is 1. The smallest absolute Gasteiger partial charge is 0.337 e. The Kier molecular flexibility index (Phi) is 3.22. The molecule has 5 nitrogen and oxygen atoms in total. The van der Waals surface area contributed by atoms with Gasteiger partial charge in [-0.15, -0.1) is 0 Å². The third-order valence-electron chi connectivity index (χ3n) is 3.61. The van der Waals surface area contributed by atoms with Gasteiger partial charge in [0.2, 0.25) is 0 Å². The number of amides is 2. The van der Waals surface area contributed by atoms with E-state index in [9.17, 15) is 9.59 Å². The Morgan fingerprint density at radius 2 is 1.95 bits per heavy atom. The lowest BCUT2D eigenvalue weighted by atomic mass is 10.1. The summed E-state index contributed by atoms with van der Waals surface area (Å²) in [4.78, 5) is 24.6. The summed E-state index contributed by atoms with van der Waals surface area (Å²) in [6.07, 6.45) is 0.952. The quantitative estimate of drug-likeness (QED) is 0.878. The molecule has 2 amide bonds. The summed E-state index contributed by atoms with van der Waals surface area (Å²) in [5, 5.41) is 12.0. The van der Waals surface area contributed by atoms with Crippen LogP contribution in [0, 0.1) is 5.41 Å². The highest BCUT2D eigenvalue weighted by Crippen LogP contribution is 2.44. The zero-order chi connectivity index (χ0) is 14.2. The molecule has 2 N–H and O–H groups in total. The fraction of sp³-hybridized carbons (Fsp3) is 0.429. The number of para-hydroxylation sites is 1. The van der Waals surface area contributed by atoms with Crippen molar-refractivity contribution in [3.63, 3.8) is 0 Å². The minimum Gasteiger partial charge on any atom is -0.478 e. The number of carbonyl (C=O) groups is 2. The van der Waals surface area contributed by atoms with Crippen molar-refractivity contribution in [3.05, 3.63) is 29.8 Å². The lowest BCUT2D eigenvalue weighted by molar-refractivity contribution is 0.0697. The summed E-state index contributed by atoms with van der Waals surface area (Å²) < 4.78 is 0. The molecule has 102 valence electrons. The van der Waals surface area contributed by atoms with Gasteiger partial charge in [0, 0.05) is 13.1 Å². The largest absolute Gasteiger partial charge is 0.478 e. The molecule has 1 saturated carbocycles. The van der Waals surface area contributed by atoms with Crippen LogP contribution in [0.2, 0.25) is 0 Å². The number of rotatable bonds is 3. The third-order valence-corrected chi connectivity index (χ3v) is 3.61. The van der Waals surface area contributed by atoms with Crippen molar-refractivity contribution in [1.29, 1.82) is 0 Å². The topological polar surface area (TPSA) is 69.6 Å². The first kappa shape index (κ1) is 13.4. The van der Waals surface area contributed by atoms with Gasteiger partial charge in [-0.1, -0.05) is 26.0 Å². The fourth-order valence-electron chi connectivity index (χ4n) is 2.02. The van der Waals surface area contributed by atoms with Crippen molar-refractivity contribution >= 4 is 17.7 Å². The molecule has 0 spiro atoms. The highest BCUT2D eigenvalue weighted by molar-refractivity contribution is 6.01. The number of aromatic carboxylic acids is 1. The van der Waals surface area contributed by atoms with Gasteiger partial charge >= 0.3 is 12.0 Å². The molecule has 0 aromatic heterocycles. The molecule has 1 unspecified atom stereocenters. The van der Waals surface area contributed by atoms with E-state index in [0.29, 0.717) is 5.69 Å². The number of hydrogen-bond donors (Lipinski definition) is 2. The molecular formula is C14H18N2O3. The number of nitrogens with zero attached hydrogens (tertiary/aromatic N) is 1. The summed E-state index contributed by atoms with van der Waals surface area (Å²) in [7, 11) is 1.58. The molecule has 19 heavy (non-hydrogen) atoms. The Hall–Kier alpha value is -2.04. The minimum absolute atomic E-state index is 0.121. The summed E-state index contributed by atoms with van der Waals surface area (Å²) in [6, 6.07) is 6.36. The number of anilines is 1. The maximum Gasteiger partial charge on any atom is 0.337 e. The molecular weight excluding hydrogens is 244 g/mol. The molecule has 1 aromatic rings. The highest BCUT2D eigenvalue weighted by atomic mass is 16.4. The number of carboxylic acids is 1. The van der Waals surface area contributed by atoms with Gasteiger partial charge in [-0.25, -0.2) is 9.59 Å². The first-order chi connectivity index (χ1) is 8.83. The summed E-state index contributed by atoms with van der Waals surface area (Å²) >= 11 is 0. The van der Waals surface area contributed by atoms with Crippen LogP contribution in [0.15, 0.2) is 24.3 Å². The molecule has 0 bridgehead atoms. The van der Waals surface area contributed by atoms with E-state index in [1.165, 1.54) is 11.0 Å². The van der Waals surface area contributed by atoms with Crippen LogP contribution in [0.3, 0.4) is 0 Å². The van der Waals surface area contributed by atoms with Crippen LogP contribution >= 0.6 is 0 Å². The van der Waals surface area contributed by atoms with E-state index in [1.807, 2.05) is 0 Å². The van der Waals surface area contributed by atoms with Crippen molar-refractivity contribution in [2.45, 2.75) is 26.3 Å². The van der Waals surface area contributed by atoms with E-state index in [2.05, 4.69) is 19.2 Å². The molecule has 0 radical (unpaired) electrons. The molecule has 1 atom stereocenters. The van der Waals surface area contributed by atoms with Crippen LogP contribution in [0.4, 0.5) is 10.5 Å². The SMILES string of the molecule is CN(C(=O)NC1CC1(C)C)c1ccccc1C(=O)O. The van der Waals surface area contributed by atoms with Crippen LogP contribution < -0.4 is 10.2 Å². The van der Waals surface area contributed by atoms with Gasteiger partial charge in [-0.05, 0) is 24.0 Å². The van der Waals surface area contributed by atoms with E-state index in [-0.39, 0.29) is 23.1 Å². The van der Waals surface area contributed by atoms with Gasteiger partial charge in [0.25, 0.3) is 0 Å².